The number of hydrogen-bond donors (Lipinski definition) is 2. The molecule has 0 radical (unpaired) electrons. The van der Waals surface area contributed by atoms with E-state index in [2.05, 4.69) is 20.7 Å². The first kappa shape index (κ1) is 21.4. The first-order chi connectivity index (χ1) is 14.5. The van der Waals surface area contributed by atoms with Crippen molar-refractivity contribution < 1.29 is 14.0 Å². The Morgan fingerprint density at radius 3 is 2.80 bits per heavy atom. The van der Waals surface area contributed by atoms with Crippen LogP contribution in [0.3, 0.4) is 0 Å². The molecule has 10 nitrogen and oxygen atoms in total. The van der Waals surface area contributed by atoms with Crippen LogP contribution < -0.4 is 15.5 Å². The lowest BCUT2D eigenvalue weighted by atomic mass is 10.2. The number of amides is 2. The molecule has 0 aliphatic carbocycles. The van der Waals surface area contributed by atoms with Gasteiger partial charge >= 0.3 is 0 Å². The molecule has 0 unspecified atom stereocenters. The Morgan fingerprint density at radius 1 is 1.33 bits per heavy atom. The van der Waals surface area contributed by atoms with Crippen molar-refractivity contribution in [2.45, 2.75) is 20.3 Å². The minimum Gasteiger partial charge on any atom is -0.459 e. The highest BCUT2D eigenvalue weighted by Crippen LogP contribution is 2.16. The van der Waals surface area contributed by atoms with Gasteiger partial charge < -0.3 is 24.9 Å². The molecule has 1 aliphatic heterocycles. The third-order valence-corrected chi connectivity index (χ3v) is 4.81. The molecular weight excluding hydrogens is 386 g/mol. The Kier molecular flexibility index (Phi) is 7.10. The fourth-order valence-electron chi connectivity index (χ4n) is 3.25. The van der Waals surface area contributed by atoms with Crippen LogP contribution >= 0.6 is 0 Å². The largest absolute Gasteiger partial charge is 0.459 e. The number of aliphatic imine (C=N–C) groups is 1. The van der Waals surface area contributed by atoms with Crippen LogP contribution in [0, 0.1) is 6.92 Å². The van der Waals surface area contributed by atoms with Gasteiger partial charge in [-0.1, -0.05) is 0 Å². The van der Waals surface area contributed by atoms with Gasteiger partial charge in [-0.15, -0.1) is 0 Å². The van der Waals surface area contributed by atoms with Crippen LogP contribution in [-0.2, 0) is 11.8 Å². The van der Waals surface area contributed by atoms with Crippen molar-refractivity contribution in [1.29, 1.82) is 0 Å². The minimum atomic E-state index is -0.217. The smallest absolute Gasteiger partial charge is 0.287 e. The lowest BCUT2D eigenvalue weighted by molar-refractivity contribution is -0.120. The van der Waals surface area contributed by atoms with E-state index in [1.807, 2.05) is 32.0 Å². The average Bonchev–Trinajstić information content (AvgIpc) is 3.34. The molecule has 3 heterocycles. The monoisotopic (exact) mass is 415 g/mol. The first-order valence-electron chi connectivity index (χ1n) is 10.1. The second kappa shape index (κ2) is 9.95. The van der Waals surface area contributed by atoms with Gasteiger partial charge in [0.1, 0.15) is 6.54 Å². The van der Waals surface area contributed by atoms with Crippen molar-refractivity contribution >= 4 is 23.5 Å². The Morgan fingerprint density at radius 2 is 2.17 bits per heavy atom. The number of carbonyl (C=O) groups is 2. The lowest BCUT2D eigenvalue weighted by Gasteiger charge is -2.35. The molecule has 0 aromatic carbocycles. The highest BCUT2D eigenvalue weighted by atomic mass is 16.3. The minimum absolute atomic E-state index is 0.0148. The third kappa shape index (κ3) is 5.19. The number of rotatable bonds is 7. The van der Waals surface area contributed by atoms with Gasteiger partial charge in [-0.3, -0.25) is 19.3 Å². The van der Waals surface area contributed by atoms with Gasteiger partial charge in [-0.2, -0.15) is 5.10 Å². The predicted octanol–water partition coefficient (Wildman–Crippen LogP) is 0.756. The van der Waals surface area contributed by atoms with Crippen LogP contribution in [-0.4, -0.2) is 71.7 Å². The zero-order valence-corrected chi connectivity index (χ0v) is 17.7. The molecule has 0 atom stereocenters. The Labute approximate surface area is 175 Å². The highest BCUT2D eigenvalue weighted by Gasteiger charge is 2.27. The summed E-state index contributed by atoms with van der Waals surface area (Å²) in [5.74, 6) is 0.855. The first-order valence-corrected chi connectivity index (χ1v) is 10.1. The van der Waals surface area contributed by atoms with Crippen LogP contribution in [0.1, 0.15) is 29.5 Å². The van der Waals surface area contributed by atoms with Gasteiger partial charge in [0.05, 0.1) is 18.1 Å². The van der Waals surface area contributed by atoms with Crippen molar-refractivity contribution in [1.82, 2.24) is 25.3 Å². The molecule has 10 heteroatoms. The number of aryl methyl sites for hydroxylation is 2. The third-order valence-electron chi connectivity index (χ3n) is 4.81. The number of guanidine groups is 1. The number of hydrogen-bond acceptors (Lipinski definition) is 5. The van der Waals surface area contributed by atoms with E-state index >= 15 is 0 Å². The summed E-state index contributed by atoms with van der Waals surface area (Å²) in [7, 11) is 1.83. The molecule has 2 aromatic heterocycles. The number of carbonyl (C=O) groups excluding carboxylic acids is 2. The van der Waals surface area contributed by atoms with Crippen LogP contribution in [0.5, 0.6) is 0 Å². The standard InChI is InChI=1S/C20H29N7O3/c1-4-21-20(23-8-5-7-22-19(29)18-15(2)6-11-30-18)26-9-10-27(17(28)14-26)16-12-24-25(3)13-16/h6,11-13H,4-5,7-10,14H2,1-3H3,(H,21,23)(H,22,29). The molecule has 30 heavy (non-hydrogen) atoms. The molecule has 2 N–H and O–H groups in total. The maximum absolute atomic E-state index is 12.6. The maximum atomic E-state index is 12.6. The van der Waals surface area contributed by atoms with Crippen LogP contribution in [0.4, 0.5) is 5.69 Å². The molecule has 162 valence electrons. The van der Waals surface area contributed by atoms with Crippen molar-refractivity contribution in [3.8, 4) is 0 Å². The van der Waals surface area contributed by atoms with E-state index in [0.29, 0.717) is 50.9 Å². The van der Waals surface area contributed by atoms with E-state index in [1.165, 1.54) is 6.26 Å². The average molecular weight is 415 g/mol. The van der Waals surface area contributed by atoms with Crippen molar-refractivity contribution in [3.05, 3.63) is 36.0 Å². The summed E-state index contributed by atoms with van der Waals surface area (Å²) in [5.41, 5.74) is 1.63. The SMILES string of the molecule is CCNC(=NCCCNC(=O)c1occc1C)N1CCN(c2cnn(C)c2)C(=O)C1. The second-order valence-corrected chi connectivity index (χ2v) is 7.12. The van der Waals surface area contributed by atoms with E-state index in [1.54, 1.807) is 21.8 Å². The fraction of sp³-hybridized carbons (Fsp3) is 0.500. The topological polar surface area (TPSA) is 108 Å². The fourth-order valence-corrected chi connectivity index (χ4v) is 3.25. The van der Waals surface area contributed by atoms with Gasteiger partial charge in [0.15, 0.2) is 11.7 Å². The van der Waals surface area contributed by atoms with Crippen molar-refractivity contribution in [2.24, 2.45) is 12.0 Å². The normalized spacial score (nSPS) is 14.9. The summed E-state index contributed by atoms with van der Waals surface area (Å²) >= 11 is 0. The summed E-state index contributed by atoms with van der Waals surface area (Å²) in [6.07, 6.45) is 5.73. The van der Waals surface area contributed by atoms with E-state index < -0.39 is 0 Å². The quantitative estimate of drug-likeness (QED) is 0.393. The van der Waals surface area contributed by atoms with Crippen molar-refractivity contribution in [3.63, 3.8) is 0 Å². The second-order valence-electron chi connectivity index (χ2n) is 7.12. The number of nitrogens with one attached hydrogen (secondary N) is 2. The molecule has 0 bridgehead atoms. The molecule has 2 amide bonds. The Balaban J connectivity index is 1.49. The zero-order valence-electron chi connectivity index (χ0n) is 17.7. The molecule has 0 saturated carbocycles. The summed E-state index contributed by atoms with van der Waals surface area (Å²) in [5, 5.41) is 10.2. The predicted molar refractivity (Wildman–Crippen MR) is 114 cm³/mol. The number of piperazine rings is 1. The van der Waals surface area contributed by atoms with Gasteiger partial charge in [-0.05, 0) is 26.3 Å². The van der Waals surface area contributed by atoms with Gasteiger partial charge in [0, 0.05) is 51.5 Å². The van der Waals surface area contributed by atoms with Gasteiger partial charge in [-0.25, -0.2) is 0 Å². The highest BCUT2D eigenvalue weighted by molar-refractivity contribution is 5.98. The van der Waals surface area contributed by atoms with E-state index in [9.17, 15) is 9.59 Å². The molecule has 1 saturated heterocycles. The number of furan rings is 1. The van der Waals surface area contributed by atoms with Gasteiger partial charge in [0.25, 0.3) is 5.91 Å². The zero-order chi connectivity index (χ0) is 21.5. The number of aromatic nitrogens is 2. The number of nitrogens with zero attached hydrogens (tertiary/aromatic N) is 5. The number of anilines is 1. The molecular formula is C20H29N7O3. The van der Waals surface area contributed by atoms with E-state index in [4.69, 9.17) is 4.42 Å². The molecule has 1 aliphatic rings. The van der Waals surface area contributed by atoms with Crippen molar-refractivity contribution in [2.75, 3.05) is 44.2 Å². The van der Waals surface area contributed by atoms with E-state index in [0.717, 1.165) is 11.3 Å². The van der Waals surface area contributed by atoms with Crippen LogP contribution in [0.25, 0.3) is 0 Å². The Bertz CT molecular complexity index is 902. The summed E-state index contributed by atoms with van der Waals surface area (Å²) in [6.45, 7) is 7.09. The van der Waals surface area contributed by atoms with Gasteiger partial charge in [0.2, 0.25) is 5.91 Å². The van der Waals surface area contributed by atoms with E-state index in [-0.39, 0.29) is 18.4 Å². The molecule has 1 fully saturated rings. The summed E-state index contributed by atoms with van der Waals surface area (Å²) in [6, 6.07) is 1.76. The molecule has 0 spiro atoms. The molecule has 3 rings (SSSR count). The maximum Gasteiger partial charge on any atom is 0.287 e. The Hall–Kier alpha value is -3.30. The summed E-state index contributed by atoms with van der Waals surface area (Å²) < 4.78 is 6.87. The molecule has 2 aromatic rings. The van der Waals surface area contributed by atoms with Crippen LogP contribution in [0.15, 0.2) is 34.1 Å². The summed E-state index contributed by atoms with van der Waals surface area (Å²) in [4.78, 5) is 33.0. The van der Waals surface area contributed by atoms with Crippen LogP contribution in [0.2, 0.25) is 0 Å². The lowest BCUT2D eigenvalue weighted by Crippen LogP contribution is -2.55.